The molecule has 1 rings (SSSR count). The molecule has 0 saturated heterocycles. The van der Waals surface area contributed by atoms with Gasteiger partial charge in [0.05, 0.1) is 25.3 Å². The van der Waals surface area contributed by atoms with Crippen molar-refractivity contribution in [1.29, 1.82) is 5.26 Å². The first-order valence-corrected chi connectivity index (χ1v) is 6.30. The summed E-state index contributed by atoms with van der Waals surface area (Å²) < 4.78 is 5.34. The molecule has 0 atom stereocenters. The molecule has 0 unspecified atom stereocenters. The molecule has 5 nitrogen and oxygen atoms in total. The van der Waals surface area contributed by atoms with Crippen LogP contribution in [0.15, 0.2) is 30.9 Å². The van der Waals surface area contributed by atoms with Crippen LogP contribution in [0, 0.1) is 11.3 Å². The Bertz CT molecular complexity index is 520. The first-order chi connectivity index (χ1) is 9.62. The molecule has 0 heterocycles. The van der Waals surface area contributed by atoms with Gasteiger partial charge in [-0.1, -0.05) is 6.08 Å². The van der Waals surface area contributed by atoms with Gasteiger partial charge < -0.3 is 15.0 Å². The summed E-state index contributed by atoms with van der Waals surface area (Å²) in [7, 11) is 1.59. The van der Waals surface area contributed by atoms with Gasteiger partial charge >= 0.3 is 0 Å². The number of hydrogen-bond donors (Lipinski definition) is 1. The molecule has 0 bridgehead atoms. The minimum atomic E-state index is -0.131. The number of carbonyl (C=O) groups is 1. The van der Waals surface area contributed by atoms with Crippen LogP contribution in [0.4, 0.5) is 11.4 Å². The smallest absolute Gasteiger partial charge is 0.221 e. The van der Waals surface area contributed by atoms with Gasteiger partial charge in [-0.2, -0.15) is 5.26 Å². The van der Waals surface area contributed by atoms with E-state index < -0.39 is 0 Å². The van der Waals surface area contributed by atoms with E-state index in [-0.39, 0.29) is 5.91 Å². The maximum Gasteiger partial charge on any atom is 0.221 e. The molecule has 1 N–H and O–H groups in total. The third-order valence-electron chi connectivity index (χ3n) is 2.68. The summed E-state index contributed by atoms with van der Waals surface area (Å²) in [6.07, 6.45) is 2.17. The van der Waals surface area contributed by atoms with Crippen LogP contribution >= 0.6 is 0 Å². The van der Waals surface area contributed by atoms with Gasteiger partial charge in [0.25, 0.3) is 0 Å². The topological polar surface area (TPSA) is 65.4 Å². The lowest BCUT2D eigenvalue weighted by atomic mass is 10.2. The Balaban J connectivity index is 3.11. The van der Waals surface area contributed by atoms with Crippen molar-refractivity contribution in [2.24, 2.45) is 0 Å². The first kappa shape index (κ1) is 15.6. The van der Waals surface area contributed by atoms with E-state index in [1.807, 2.05) is 11.0 Å². The highest BCUT2D eigenvalue weighted by Gasteiger charge is 2.12. The second-order valence-corrected chi connectivity index (χ2v) is 4.21. The van der Waals surface area contributed by atoms with Crippen molar-refractivity contribution in [3.8, 4) is 11.8 Å². The first-order valence-electron chi connectivity index (χ1n) is 6.30. The molecule has 0 aliphatic rings. The Hall–Kier alpha value is -2.48. The quantitative estimate of drug-likeness (QED) is 0.775. The van der Waals surface area contributed by atoms with E-state index in [1.54, 1.807) is 25.3 Å². The summed E-state index contributed by atoms with van der Waals surface area (Å²) in [5.41, 5.74) is 1.52. The molecule has 0 aromatic heterocycles. The van der Waals surface area contributed by atoms with Gasteiger partial charge in [-0.3, -0.25) is 4.79 Å². The predicted molar refractivity (Wildman–Crippen MR) is 79.9 cm³/mol. The Labute approximate surface area is 119 Å². The SMILES string of the molecule is C=CCN(CCC#N)c1cc(NC(C)=O)ccc1OC. The van der Waals surface area contributed by atoms with Crippen LogP contribution in [0.1, 0.15) is 13.3 Å². The van der Waals surface area contributed by atoms with Crippen molar-refractivity contribution in [3.05, 3.63) is 30.9 Å². The fourth-order valence-electron chi connectivity index (χ4n) is 1.87. The normalized spacial score (nSPS) is 9.45. The molecule has 0 saturated carbocycles. The van der Waals surface area contributed by atoms with Crippen LogP contribution < -0.4 is 15.0 Å². The van der Waals surface area contributed by atoms with Crippen LogP contribution in [0.25, 0.3) is 0 Å². The number of nitrogens with one attached hydrogen (secondary N) is 1. The largest absolute Gasteiger partial charge is 0.495 e. The predicted octanol–water partition coefficient (Wildman–Crippen LogP) is 2.56. The van der Waals surface area contributed by atoms with Crippen LogP contribution in [-0.2, 0) is 4.79 Å². The molecule has 1 aromatic carbocycles. The molecular formula is C15H19N3O2. The summed E-state index contributed by atoms with van der Waals surface area (Å²) in [5, 5.41) is 11.5. The molecular weight excluding hydrogens is 254 g/mol. The Morgan fingerprint density at radius 1 is 1.60 bits per heavy atom. The van der Waals surface area contributed by atoms with E-state index in [2.05, 4.69) is 18.0 Å². The lowest BCUT2D eigenvalue weighted by Gasteiger charge is -2.25. The molecule has 0 aliphatic carbocycles. The summed E-state index contributed by atoms with van der Waals surface area (Å²) in [5.74, 6) is 0.562. The summed E-state index contributed by atoms with van der Waals surface area (Å²) in [6, 6.07) is 7.53. The average Bonchev–Trinajstić information content (AvgIpc) is 2.42. The van der Waals surface area contributed by atoms with E-state index in [0.717, 1.165) is 5.69 Å². The minimum Gasteiger partial charge on any atom is -0.495 e. The third kappa shape index (κ3) is 4.32. The van der Waals surface area contributed by atoms with Crippen molar-refractivity contribution in [2.75, 3.05) is 30.4 Å². The summed E-state index contributed by atoms with van der Waals surface area (Å²) in [6.45, 7) is 6.36. The molecule has 0 radical (unpaired) electrons. The van der Waals surface area contributed by atoms with E-state index in [4.69, 9.17) is 10.00 Å². The molecule has 106 valence electrons. The van der Waals surface area contributed by atoms with Crippen LogP contribution in [0.2, 0.25) is 0 Å². The zero-order valence-corrected chi connectivity index (χ0v) is 11.8. The van der Waals surface area contributed by atoms with Crippen LogP contribution in [-0.4, -0.2) is 26.1 Å². The lowest BCUT2D eigenvalue weighted by molar-refractivity contribution is -0.114. The van der Waals surface area contributed by atoms with Gasteiger partial charge in [0.1, 0.15) is 5.75 Å². The maximum absolute atomic E-state index is 11.1. The van der Waals surface area contributed by atoms with Crippen molar-refractivity contribution in [1.82, 2.24) is 0 Å². The number of nitrogens with zero attached hydrogens (tertiary/aromatic N) is 2. The van der Waals surface area contributed by atoms with E-state index in [0.29, 0.717) is 30.9 Å². The van der Waals surface area contributed by atoms with E-state index >= 15 is 0 Å². The highest BCUT2D eigenvalue weighted by molar-refractivity contribution is 5.89. The number of anilines is 2. The molecule has 20 heavy (non-hydrogen) atoms. The van der Waals surface area contributed by atoms with Crippen LogP contribution in [0.5, 0.6) is 5.75 Å². The third-order valence-corrected chi connectivity index (χ3v) is 2.68. The molecule has 0 spiro atoms. The minimum absolute atomic E-state index is 0.131. The standard InChI is InChI=1S/C15H19N3O2/c1-4-9-18(10-5-8-16)14-11-13(17-12(2)19)6-7-15(14)20-3/h4,6-7,11H,1,5,9-10H2,2-3H3,(H,17,19). The van der Waals surface area contributed by atoms with Gasteiger partial charge in [0.15, 0.2) is 0 Å². The maximum atomic E-state index is 11.1. The number of nitriles is 1. The zero-order valence-electron chi connectivity index (χ0n) is 11.8. The zero-order chi connectivity index (χ0) is 15.0. The number of methoxy groups -OCH3 is 1. The Morgan fingerprint density at radius 3 is 2.90 bits per heavy atom. The highest BCUT2D eigenvalue weighted by atomic mass is 16.5. The van der Waals surface area contributed by atoms with E-state index in [9.17, 15) is 4.79 Å². The van der Waals surface area contributed by atoms with Gasteiger partial charge in [-0.05, 0) is 18.2 Å². The number of carbonyl (C=O) groups excluding carboxylic acids is 1. The fourth-order valence-corrected chi connectivity index (χ4v) is 1.87. The van der Waals surface area contributed by atoms with E-state index in [1.165, 1.54) is 6.92 Å². The summed E-state index contributed by atoms with van der Waals surface area (Å²) in [4.78, 5) is 13.1. The molecule has 0 fully saturated rings. The van der Waals surface area contributed by atoms with Gasteiger partial charge in [0, 0.05) is 25.7 Å². The van der Waals surface area contributed by atoms with Gasteiger partial charge in [0.2, 0.25) is 5.91 Å². The second kappa shape index (κ2) is 7.85. The highest BCUT2D eigenvalue weighted by Crippen LogP contribution is 2.31. The Morgan fingerprint density at radius 2 is 2.35 bits per heavy atom. The lowest BCUT2D eigenvalue weighted by Crippen LogP contribution is -2.25. The van der Waals surface area contributed by atoms with Gasteiger partial charge in [-0.25, -0.2) is 0 Å². The van der Waals surface area contributed by atoms with Gasteiger partial charge in [-0.15, -0.1) is 6.58 Å². The number of ether oxygens (including phenoxy) is 1. The van der Waals surface area contributed by atoms with Crippen molar-refractivity contribution >= 4 is 17.3 Å². The fraction of sp³-hybridized carbons (Fsp3) is 0.333. The average molecular weight is 273 g/mol. The number of rotatable bonds is 7. The number of benzene rings is 1. The number of amides is 1. The van der Waals surface area contributed by atoms with Crippen molar-refractivity contribution in [3.63, 3.8) is 0 Å². The molecule has 0 aliphatic heterocycles. The van der Waals surface area contributed by atoms with Crippen LogP contribution in [0.3, 0.4) is 0 Å². The number of hydrogen-bond acceptors (Lipinski definition) is 4. The summed E-state index contributed by atoms with van der Waals surface area (Å²) >= 11 is 0. The Kier molecular flexibility index (Phi) is 6.11. The second-order valence-electron chi connectivity index (χ2n) is 4.21. The molecule has 1 aromatic rings. The monoisotopic (exact) mass is 273 g/mol. The molecule has 5 heteroatoms. The van der Waals surface area contributed by atoms with Crippen molar-refractivity contribution < 1.29 is 9.53 Å². The molecule has 1 amide bonds. The van der Waals surface area contributed by atoms with Crippen molar-refractivity contribution in [2.45, 2.75) is 13.3 Å².